The predicted molar refractivity (Wildman–Crippen MR) is 105 cm³/mol. The van der Waals surface area contributed by atoms with E-state index in [9.17, 15) is 9.90 Å². The van der Waals surface area contributed by atoms with Crippen molar-refractivity contribution in [1.29, 1.82) is 0 Å². The molecule has 1 atom stereocenters. The Morgan fingerprint density at radius 1 is 1.20 bits per heavy atom. The van der Waals surface area contributed by atoms with Crippen LogP contribution in [0.2, 0.25) is 10.0 Å². The van der Waals surface area contributed by atoms with Crippen LogP contribution in [0.1, 0.15) is 21.3 Å². The molecule has 0 bridgehead atoms. The first-order valence-electron chi connectivity index (χ1n) is 7.73. The largest absolute Gasteiger partial charge is 0.386 e. The van der Waals surface area contributed by atoms with Gasteiger partial charge in [-0.05, 0) is 29.6 Å². The van der Waals surface area contributed by atoms with Gasteiger partial charge < -0.3 is 10.0 Å². The van der Waals surface area contributed by atoms with Crippen LogP contribution in [0.3, 0.4) is 0 Å². The molecule has 8 heteroatoms. The first kappa shape index (κ1) is 20.5. The van der Waals surface area contributed by atoms with Crippen molar-refractivity contribution in [2.24, 2.45) is 0 Å². The molecule has 1 aliphatic heterocycles. The van der Waals surface area contributed by atoms with Gasteiger partial charge in [0, 0.05) is 42.6 Å². The number of benzene rings is 1. The van der Waals surface area contributed by atoms with Crippen molar-refractivity contribution in [3.05, 3.63) is 56.2 Å². The Labute approximate surface area is 167 Å². The van der Waals surface area contributed by atoms with Crippen LogP contribution >= 0.6 is 46.9 Å². The van der Waals surface area contributed by atoms with E-state index in [0.29, 0.717) is 35.2 Å². The molecule has 1 saturated heterocycles. The van der Waals surface area contributed by atoms with Gasteiger partial charge in [-0.15, -0.1) is 23.7 Å². The number of carbonyl (C=O) groups is 1. The van der Waals surface area contributed by atoms with Gasteiger partial charge in [0.1, 0.15) is 6.10 Å². The van der Waals surface area contributed by atoms with Gasteiger partial charge in [-0.25, -0.2) is 0 Å². The van der Waals surface area contributed by atoms with Gasteiger partial charge in [0.2, 0.25) is 0 Å². The highest BCUT2D eigenvalue weighted by atomic mass is 35.5. The lowest BCUT2D eigenvalue weighted by Crippen LogP contribution is -2.49. The summed E-state index contributed by atoms with van der Waals surface area (Å²) in [4.78, 5) is 17.5. The molecule has 1 fully saturated rings. The summed E-state index contributed by atoms with van der Waals surface area (Å²) in [5.41, 5.74) is 0.441. The maximum Gasteiger partial charge on any atom is 0.255 e. The zero-order valence-electron chi connectivity index (χ0n) is 13.4. The number of halogens is 3. The summed E-state index contributed by atoms with van der Waals surface area (Å²) in [7, 11) is 0. The van der Waals surface area contributed by atoms with Gasteiger partial charge >= 0.3 is 0 Å². The van der Waals surface area contributed by atoms with Crippen LogP contribution in [-0.2, 0) is 0 Å². The third-order valence-corrected chi connectivity index (χ3v) is 5.66. The summed E-state index contributed by atoms with van der Waals surface area (Å²) in [6, 6.07) is 8.80. The zero-order chi connectivity index (χ0) is 17.1. The van der Waals surface area contributed by atoms with Crippen molar-refractivity contribution in [3.63, 3.8) is 0 Å². The van der Waals surface area contributed by atoms with Gasteiger partial charge in [0.25, 0.3) is 5.91 Å². The third kappa shape index (κ3) is 5.09. The molecule has 2 aromatic rings. The van der Waals surface area contributed by atoms with E-state index < -0.39 is 6.10 Å². The van der Waals surface area contributed by atoms with Crippen LogP contribution in [0, 0.1) is 0 Å². The average Bonchev–Trinajstić information content (AvgIpc) is 3.12. The Morgan fingerprint density at radius 2 is 1.92 bits per heavy atom. The molecule has 0 saturated carbocycles. The monoisotopic (exact) mass is 420 g/mol. The van der Waals surface area contributed by atoms with Crippen LogP contribution in [0.5, 0.6) is 0 Å². The lowest BCUT2D eigenvalue weighted by molar-refractivity contribution is 0.0533. The summed E-state index contributed by atoms with van der Waals surface area (Å²) in [6.07, 6.45) is -0.477. The van der Waals surface area contributed by atoms with E-state index in [2.05, 4.69) is 4.90 Å². The van der Waals surface area contributed by atoms with E-state index in [-0.39, 0.29) is 18.3 Å². The van der Waals surface area contributed by atoms with E-state index in [4.69, 9.17) is 23.2 Å². The lowest BCUT2D eigenvalue weighted by atomic mass is 10.1. The molecule has 1 aromatic carbocycles. The normalized spacial score (nSPS) is 16.4. The van der Waals surface area contributed by atoms with Gasteiger partial charge in [-0.1, -0.05) is 29.3 Å². The molecule has 0 aliphatic carbocycles. The Bertz CT molecular complexity index is 704. The van der Waals surface area contributed by atoms with E-state index in [0.717, 1.165) is 18.0 Å². The number of hydrogen-bond acceptors (Lipinski definition) is 4. The Morgan fingerprint density at radius 3 is 2.56 bits per heavy atom. The van der Waals surface area contributed by atoms with Crippen molar-refractivity contribution in [1.82, 2.24) is 9.80 Å². The van der Waals surface area contributed by atoms with Crippen molar-refractivity contribution < 1.29 is 9.90 Å². The Kier molecular flexibility index (Phi) is 7.55. The fraction of sp³-hybridized carbons (Fsp3) is 0.353. The number of rotatable bonds is 4. The van der Waals surface area contributed by atoms with Crippen LogP contribution in [0.25, 0.3) is 0 Å². The molecule has 25 heavy (non-hydrogen) atoms. The van der Waals surface area contributed by atoms with Crippen LogP contribution in [0.4, 0.5) is 0 Å². The highest BCUT2D eigenvalue weighted by molar-refractivity contribution is 7.10. The molecular formula is C17H19Cl3N2O2S. The van der Waals surface area contributed by atoms with Crippen LogP contribution in [-0.4, -0.2) is 53.5 Å². The second kappa shape index (κ2) is 9.21. The topological polar surface area (TPSA) is 43.8 Å². The Balaban J connectivity index is 0.00000225. The number of amides is 1. The quantitative estimate of drug-likeness (QED) is 0.812. The lowest BCUT2D eigenvalue weighted by Gasteiger charge is -2.35. The minimum absolute atomic E-state index is 0. The van der Waals surface area contributed by atoms with Crippen LogP contribution in [0.15, 0.2) is 35.7 Å². The Hall–Kier alpha value is -0.820. The number of hydrogen-bond donors (Lipinski definition) is 1. The molecule has 1 N–H and O–H groups in total. The molecule has 1 aromatic heterocycles. The molecule has 1 amide bonds. The zero-order valence-corrected chi connectivity index (χ0v) is 16.5. The smallest absolute Gasteiger partial charge is 0.255 e. The van der Waals surface area contributed by atoms with Gasteiger partial charge in [0.05, 0.1) is 10.6 Å². The van der Waals surface area contributed by atoms with E-state index in [1.165, 1.54) is 0 Å². The molecule has 2 heterocycles. The fourth-order valence-corrected chi connectivity index (χ4v) is 3.85. The van der Waals surface area contributed by atoms with Crippen molar-refractivity contribution >= 4 is 52.9 Å². The molecular weight excluding hydrogens is 403 g/mol. The molecule has 0 spiro atoms. The van der Waals surface area contributed by atoms with Gasteiger partial charge in [0.15, 0.2) is 0 Å². The van der Waals surface area contributed by atoms with Crippen molar-refractivity contribution in [2.75, 3.05) is 32.7 Å². The minimum atomic E-state index is -0.477. The number of carbonyl (C=O) groups excluding carboxylic acids is 1. The highest BCUT2D eigenvalue weighted by Crippen LogP contribution is 2.23. The third-order valence-electron chi connectivity index (χ3n) is 4.12. The summed E-state index contributed by atoms with van der Waals surface area (Å²) in [5, 5.41) is 13.1. The molecule has 1 unspecified atom stereocenters. The fourth-order valence-electron chi connectivity index (χ4n) is 2.78. The first-order valence-corrected chi connectivity index (χ1v) is 9.36. The maximum atomic E-state index is 12.6. The summed E-state index contributed by atoms with van der Waals surface area (Å²) >= 11 is 13.6. The van der Waals surface area contributed by atoms with Crippen LogP contribution < -0.4 is 0 Å². The molecule has 1 aliphatic rings. The molecule has 3 rings (SSSR count). The number of aliphatic hydroxyl groups excluding tert-OH is 1. The number of piperazine rings is 1. The summed E-state index contributed by atoms with van der Waals surface area (Å²) in [5.74, 6) is -0.0963. The number of β-amino-alcohol motifs (C(OH)–C–C–N with tert-alkyl or cyclic N) is 1. The second-order valence-electron chi connectivity index (χ2n) is 5.75. The second-order valence-corrected chi connectivity index (χ2v) is 7.57. The van der Waals surface area contributed by atoms with Crippen molar-refractivity contribution in [2.45, 2.75) is 6.10 Å². The van der Waals surface area contributed by atoms with E-state index in [1.807, 2.05) is 17.5 Å². The van der Waals surface area contributed by atoms with Gasteiger partial charge in [-0.2, -0.15) is 0 Å². The maximum absolute atomic E-state index is 12.6. The number of nitrogens with zero attached hydrogens (tertiary/aromatic N) is 2. The van der Waals surface area contributed by atoms with Crippen molar-refractivity contribution in [3.8, 4) is 0 Å². The number of aliphatic hydroxyl groups is 1. The minimum Gasteiger partial charge on any atom is -0.386 e. The van der Waals surface area contributed by atoms with Gasteiger partial charge in [-0.3, -0.25) is 9.69 Å². The predicted octanol–water partition coefficient (Wildman–Crippen LogP) is 3.97. The van der Waals surface area contributed by atoms with E-state index in [1.54, 1.807) is 34.4 Å². The molecule has 0 radical (unpaired) electrons. The SMILES string of the molecule is Cl.O=C(c1cc(Cl)ccc1Cl)N1CCN(CC(O)c2cccs2)CC1. The summed E-state index contributed by atoms with van der Waals surface area (Å²) in [6.45, 7) is 3.26. The number of thiophene rings is 1. The molecule has 136 valence electrons. The summed E-state index contributed by atoms with van der Waals surface area (Å²) < 4.78 is 0. The average molecular weight is 422 g/mol. The highest BCUT2D eigenvalue weighted by Gasteiger charge is 2.25. The molecule has 4 nitrogen and oxygen atoms in total. The first-order chi connectivity index (χ1) is 11.5. The van der Waals surface area contributed by atoms with E-state index >= 15 is 0 Å². The standard InChI is InChI=1S/C17H18Cl2N2O2S.ClH/c18-12-3-4-14(19)13(10-12)17(23)21-7-5-20(6-8-21)11-15(22)16-2-1-9-24-16;/h1-4,9-10,15,22H,5-8,11H2;1H.